The number of carbonyl (C=O) groups is 1. The van der Waals surface area contributed by atoms with Crippen LogP contribution in [0.4, 0.5) is 4.39 Å². The largest absolute Gasteiger partial charge is 0.493 e. The van der Waals surface area contributed by atoms with Crippen molar-refractivity contribution in [1.82, 2.24) is 4.98 Å². The minimum absolute atomic E-state index is 0.237. The lowest BCUT2D eigenvalue weighted by atomic mass is 10.0. The van der Waals surface area contributed by atoms with Gasteiger partial charge in [0, 0.05) is 15.4 Å². The first-order chi connectivity index (χ1) is 12.0. The van der Waals surface area contributed by atoms with Gasteiger partial charge in [-0.25, -0.2) is 4.39 Å². The molecule has 0 unspecified atom stereocenters. The fraction of sp³-hybridized carbons (Fsp3) is 0.167. The fourth-order valence-corrected chi connectivity index (χ4v) is 3.37. The lowest BCUT2D eigenvalue weighted by Crippen LogP contribution is -2.01. The predicted octanol–water partition coefficient (Wildman–Crippen LogP) is 4.38. The first kappa shape index (κ1) is 17.3. The Morgan fingerprint density at radius 2 is 1.92 bits per heavy atom. The van der Waals surface area contributed by atoms with Crippen molar-refractivity contribution in [1.29, 1.82) is 0 Å². The summed E-state index contributed by atoms with van der Waals surface area (Å²) >= 11 is 3.47. The van der Waals surface area contributed by atoms with Gasteiger partial charge < -0.3 is 19.6 Å². The van der Waals surface area contributed by atoms with Gasteiger partial charge in [0.2, 0.25) is 0 Å². The van der Waals surface area contributed by atoms with Crippen molar-refractivity contribution in [2.75, 3.05) is 14.2 Å². The molecule has 0 amide bonds. The van der Waals surface area contributed by atoms with Gasteiger partial charge in [-0.15, -0.1) is 0 Å². The lowest BCUT2D eigenvalue weighted by Gasteiger charge is -2.12. The average molecular weight is 408 g/mol. The van der Waals surface area contributed by atoms with Gasteiger partial charge >= 0.3 is 5.97 Å². The Balaban J connectivity index is 2.31. The molecule has 2 aromatic carbocycles. The number of fused-ring (bicyclic) bond motifs is 1. The Labute approximate surface area is 151 Å². The molecule has 130 valence electrons. The maximum atomic E-state index is 14.2. The second-order valence-electron chi connectivity index (χ2n) is 5.40. The Morgan fingerprint density at radius 3 is 2.56 bits per heavy atom. The van der Waals surface area contributed by atoms with Crippen molar-refractivity contribution in [3.05, 3.63) is 46.2 Å². The van der Waals surface area contributed by atoms with E-state index in [9.17, 15) is 14.3 Å². The Morgan fingerprint density at radius 1 is 1.24 bits per heavy atom. The van der Waals surface area contributed by atoms with E-state index in [1.54, 1.807) is 24.3 Å². The topological polar surface area (TPSA) is 71.6 Å². The highest BCUT2D eigenvalue weighted by atomic mass is 79.9. The van der Waals surface area contributed by atoms with Crippen molar-refractivity contribution in [3.8, 4) is 22.8 Å². The zero-order valence-electron chi connectivity index (χ0n) is 13.5. The van der Waals surface area contributed by atoms with Crippen molar-refractivity contribution < 1.29 is 23.8 Å². The third-order valence-electron chi connectivity index (χ3n) is 3.96. The molecular formula is C18H15BrFNO4. The SMILES string of the molecule is COc1cc(Br)c(-c2[nH]c3c(F)cccc3c2CC(=O)O)cc1OC. The first-order valence-corrected chi connectivity index (χ1v) is 8.18. The minimum atomic E-state index is -0.997. The summed E-state index contributed by atoms with van der Waals surface area (Å²) < 4.78 is 25.4. The van der Waals surface area contributed by atoms with E-state index in [1.165, 1.54) is 20.3 Å². The number of ether oxygens (including phenoxy) is 2. The number of hydrogen-bond acceptors (Lipinski definition) is 3. The Bertz CT molecular complexity index is 967. The van der Waals surface area contributed by atoms with E-state index in [0.29, 0.717) is 38.2 Å². The van der Waals surface area contributed by atoms with E-state index in [4.69, 9.17) is 9.47 Å². The molecule has 0 bridgehead atoms. The van der Waals surface area contributed by atoms with Crippen LogP contribution in [0.15, 0.2) is 34.8 Å². The number of hydrogen-bond donors (Lipinski definition) is 2. The number of H-pyrrole nitrogens is 1. The van der Waals surface area contributed by atoms with Gasteiger partial charge in [0.05, 0.1) is 31.9 Å². The van der Waals surface area contributed by atoms with Gasteiger partial charge in [-0.1, -0.05) is 12.1 Å². The smallest absolute Gasteiger partial charge is 0.307 e. The summed E-state index contributed by atoms with van der Waals surface area (Å²) in [6.07, 6.45) is -0.237. The standard InChI is InChI=1S/C18H15BrFNO4/c1-24-14-6-11(12(19)8-15(14)25-2)17-10(7-16(22)23)9-4-3-5-13(20)18(9)21-17/h3-6,8,21H,7H2,1-2H3,(H,22,23). The second kappa shape index (κ2) is 6.76. The van der Waals surface area contributed by atoms with Crippen LogP contribution in [0.1, 0.15) is 5.56 Å². The van der Waals surface area contributed by atoms with E-state index in [0.717, 1.165) is 0 Å². The molecule has 0 atom stereocenters. The Kier molecular flexibility index (Phi) is 4.67. The van der Waals surface area contributed by atoms with Crippen LogP contribution in [0.3, 0.4) is 0 Å². The molecule has 25 heavy (non-hydrogen) atoms. The molecule has 0 aliphatic heterocycles. The molecule has 0 saturated heterocycles. The molecule has 0 saturated carbocycles. The number of nitrogens with one attached hydrogen (secondary N) is 1. The van der Waals surface area contributed by atoms with Crippen LogP contribution >= 0.6 is 15.9 Å². The molecular weight excluding hydrogens is 393 g/mol. The first-order valence-electron chi connectivity index (χ1n) is 7.39. The quantitative estimate of drug-likeness (QED) is 0.658. The number of rotatable bonds is 5. The van der Waals surface area contributed by atoms with Gasteiger partial charge in [0.15, 0.2) is 11.5 Å². The fourth-order valence-electron chi connectivity index (χ4n) is 2.85. The van der Waals surface area contributed by atoms with E-state index in [2.05, 4.69) is 20.9 Å². The third kappa shape index (κ3) is 3.07. The molecule has 3 aromatic rings. The summed E-state index contributed by atoms with van der Waals surface area (Å²) in [7, 11) is 3.04. The monoisotopic (exact) mass is 407 g/mol. The second-order valence-corrected chi connectivity index (χ2v) is 6.25. The number of aromatic nitrogens is 1. The molecule has 1 aromatic heterocycles. The van der Waals surface area contributed by atoms with E-state index in [1.807, 2.05) is 0 Å². The summed E-state index contributed by atoms with van der Waals surface area (Å²) in [5.41, 5.74) is 1.96. The summed E-state index contributed by atoms with van der Waals surface area (Å²) in [5, 5.41) is 9.81. The number of halogens is 2. The Hall–Kier alpha value is -2.54. The van der Waals surface area contributed by atoms with Gasteiger partial charge in [-0.05, 0) is 39.7 Å². The van der Waals surface area contributed by atoms with Crippen molar-refractivity contribution in [2.45, 2.75) is 6.42 Å². The number of carboxylic acids is 1. The summed E-state index contributed by atoms with van der Waals surface area (Å²) in [4.78, 5) is 14.3. The van der Waals surface area contributed by atoms with Gasteiger partial charge in [0.25, 0.3) is 0 Å². The normalized spacial score (nSPS) is 10.9. The highest BCUT2D eigenvalue weighted by Crippen LogP contribution is 2.41. The van der Waals surface area contributed by atoms with Crippen LogP contribution in [-0.4, -0.2) is 30.3 Å². The van der Waals surface area contributed by atoms with Crippen LogP contribution < -0.4 is 9.47 Å². The molecule has 0 aliphatic rings. The van der Waals surface area contributed by atoms with Crippen molar-refractivity contribution in [3.63, 3.8) is 0 Å². The predicted molar refractivity (Wildman–Crippen MR) is 95.8 cm³/mol. The molecule has 0 spiro atoms. The van der Waals surface area contributed by atoms with Crippen LogP contribution in [0.2, 0.25) is 0 Å². The molecule has 3 rings (SSSR count). The zero-order chi connectivity index (χ0) is 18.1. The van der Waals surface area contributed by atoms with Crippen LogP contribution in [-0.2, 0) is 11.2 Å². The highest BCUT2D eigenvalue weighted by molar-refractivity contribution is 9.10. The maximum absolute atomic E-state index is 14.2. The summed E-state index contributed by atoms with van der Waals surface area (Å²) in [5.74, 6) is -0.420. The minimum Gasteiger partial charge on any atom is -0.493 e. The molecule has 0 fully saturated rings. The molecule has 2 N–H and O–H groups in total. The van der Waals surface area contributed by atoms with Crippen LogP contribution in [0.5, 0.6) is 11.5 Å². The number of carboxylic acid groups (broad SMARTS) is 1. The zero-order valence-corrected chi connectivity index (χ0v) is 15.1. The molecule has 0 aliphatic carbocycles. The lowest BCUT2D eigenvalue weighted by molar-refractivity contribution is -0.136. The van der Waals surface area contributed by atoms with Crippen LogP contribution in [0.25, 0.3) is 22.2 Å². The third-order valence-corrected chi connectivity index (χ3v) is 4.62. The van der Waals surface area contributed by atoms with Crippen molar-refractivity contribution >= 4 is 32.8 Å². The molecule has 0 radical (unpaired) electrons. The number of para-hydroxylation sites is 1. The molecule has 7 heteroatoms. The van der Waals surface area contributed by atoms with E-state index >= 15 is 0 Å². The molecule has 5 nitrogen and oxygen atoms in total. The van der Waals surface area contributed by atoms with Gasteiger partial charge in [-0.2, -0.15) is 0 Å². The number of aromatic amines is 1. The summed E-state index contributed by atoms with van der Waals surface area (Å²) in [6, 6.07) is 8.03. The van der Waals surface area contributed by atoms with E-state index < -0.39 is 11.8 Å². The maximum Gasteiger partial charge on any atom is 0.307 e. The van der Waals surface area contributed by atoms with Crippen molar-refractivity contribution in [2.24, 2.45) is 0 Å². The number of methoxy groups -OCH3 is 2. The number of aliphatic carboxylic acids is 1. The van der Waals surface area contributed by atoms with Gasteiger partial charge in [0.1, 0.15) is 5.82 Å². The van der Waals surface area contributed by atoms with Crippen LogP contribution in [0, 0.1) is 5.82 Å². The number of benzene rings is 2. The van der Waals surface area contributed by atoms with Gasteiger partial charge in [-0.3, -0.25) is 4.79 Å². The summed E-state index contributed by atoms with van der Waals surface area (Å²) in [6.45, 7) is 0. The van der Waals surface area contributed by atoms with E-state index in [-0.39, 0.29) is 11.9 Å². The molecule has 1 heterocycles. The average Bonchev–Trinajstić information content (AvgIpc) is 2.94. The highest BCUT2D eigenvalue weighted by Gasteiger charge is 2.21.